The molecule has 0 spiro atoms. The maximum absolute atomic E-state index is 12.3. The maximum Gasteiger partial charge on any atom is 0.218 e. The van der Waals surface area contributed by atoms with Crippen LogP contribution in [0.15, 0.2) is 24.3 Å². The minimum absolute atomic E-state index is 0.0415. The largest absolute Gasteiger partial charge is 0.229 e. The van der Waals surface area contributed by atoms with E-state index in [4.69, 9.17) is 11.6 Å². The highest BCUT2D eigenvalue weighted by atomic mass is 35.5. The molecule has 1 heterocycles. The van der Waals surface area contributed by atoms with Gasteiger partial charge in [-0.05, 0) is 11.1 Å². The fraction of sp³-hybridized carbons (Fsp3) is 0.500. The lowest BCUT2D eigenvalue weighted by Gasteiger charge is -2.26. The summed E-state index contributed by atoms with van der Waals surface area (Å²) in [5.41, 5.74) is 1.53. The van der Waals surface area contributed by atoms with E-state index < -0.39 is 19.9 Å². The van der Waals surface area contributed by atoms with E-state index in [9.17, 15) is 16.8 Å². The molecule has 20 heavy (non-hydrogen) atoms. The van der Waals surface area contributed by atoms with Crippen LogP contribution in [0.2, 0.25) is 0 Å². The van der Waals surface area contributed by atoms with E-state index in [2.05, 4.69) is 0 Å². The van der Waals surface area contributed by atoms with Crippen molar-refractivity contribution in [3.8, 4) is 0 Å². The Kier molecular flexibility index (Phi) is 4.73. The molecule has 0 radical (unpaired) electrons. The Morgan fingerprint density at radius 1 is 1.15 bits per heavy atom. The van der Waals surface area contributed by atoms with Crippen molar-refractivity contribution in [2.45, 2.75) is 11.6 Å². The van der Waals surface area contributed by atoms with Gasteiger partial charge >= 0.3 is 0 Å². The van der Waals surface area contributed by atoms with Crippen LogP contribution in [0.5, 0.6) is 0 Å². The van der Waals surface area contributed by atoms with Gasteiger partial charge < -0.3 is 0 Å². The van der Waals surface area contributed by atoms with Crippen molar-refractivity contribution in [2.24, 2.45) is 0 Å². The van der Waals surface area contributed by atoms with Crippen molar-refractivity contribution in [1.82, 2.24) is 4.31 Å². The van der Waals surface area contributed by atoms with Crippen molar-refractivity contribution in [3.63, 3.8) is 0 Å². The molecule has 112 valence electrons. The van der Waals surface area contributed by atoms with Crippen LogP contribution in [0.3, 0.4) is 0 Å². The average molecular weight is 338 g/mol. The van der Waals surface area contributed by atoms with E-state index >= 15 is 0 Å². The zero-order valence-corrected chi connectivity index (χ0v) is 13.2. The SMILES string of the molecule is O=S1(=O)CCN(S(=O)(=O)Cc2cccc(CCl)c2)CC1. The van der Waals surface area contributed by atoms with E-state index in [1.54, 1.807) is 18.2 Å². The number of benzene rings is 1. The van der Waals surface area contributed by atoms with E-state index in [1.165, 1.54) is 4.31 Å². The molecule has 1 aromatic rings. The highest BCUT2D eigenvalue weighted by Crippen LogP contribution is 2.16. The third-order valence-electron chi connectivity index (χ3n) is 3.19. The van der Waals surface area contributed by atoms with E-state index in [0.717, 1.165) is 5.56 Å². The second kappa shape index (κ2) is 6.01. The molecule has 0 aliphatic carbocycles. The van der Waals surface area contributed by atoms with Crippen molar-refractivity contribution in [1.29, 1.82) is 0 Å². The number of sulfonamides is 1. The Morgan fingerprint density at radius 2 is 1.75 bits per heavy atom. The molecule has 1 saturated heterocycles. The third-order valence-corrected chi connectivity index (χ3v) is 6.96. The fourth-order valence-corrected chi connectivity index (χ4v) is 5.20. The van der Waals surface area contributed by atoms with Gasteiger partial charge in [0.2, 0.25) is 10.0 Å². The third kappa shape index (κ3) is 3.94. The lowest BCUT2D eigenvalue weighted by molar-refractivity contribution is 0.430. The van der Waals surface area contributed by atoms with Crippen LogP contribution >= 0.6 is 11.6 Å². The molecule has 2 rings (SSSR count). The first-order chi connectivity index (χ1) is 9.32. The molecule has 0 amide bonds. The van der Waals surface area contributed by atoms with Gasteiger partial charge in [0.1, 0.15) is 0 Å². The molecule has 0 bridgehead atoms. The molecule has 0 saturated carbocycles. The van der Waals surface area contributed by atoms with Crippen LogP contribution in [-0.4, -0.2) is 45.7 Å². The van der Waals surface area contributed by atoms with Crippen LogP contribution in [-0.2, 0) is 31.5 Å². The van der Waals surface area contributed by atoms with E-state index in [-0.39, 0.29) is 30.3 Å². The number of halogens is 1. The summed E-state index contributed by atoms with van der Waals surface area (Å²) in [4.78, 5) is 0. The molecule has 1 aromatic carbocycles. The molecular weight excluding hydrogens is 322 g/mol. The van der Waals surface area contributed by atoms with Crippen molar-refractivity contribution in [3.05, 3.63) is 35.4 Å². The quantitative estimate of drug-likeness (QED) is 0.768. The number of hydrogen-bond acceptors (Lipinski definition) is 4. The summed E-state index contributed by atoms with van der Waals surface area (Å²) in [5.74, 6) is -0.00444. The lowest BCUT2D eigenvalue weighted by atomic mass is 10.2. The van der Waals surface area contributed by atoms with Crippen LogP contribution < -0.4 is 0 Å². The average Bonchev–Trinajstić information content (AvgIpc) is 2.38. The molecule has 5 nitrogen and oxygen atoms in total. The number of alkyl halides is 1. The van der Waals surface area contributed by atoms with Gasteiger partial charge in [-0.2, -0.15) is 4.31 Å². The van der Waals surface area contributed by atoms with Crippen molar-refractivity contribution in [2.75, 3.05) is 24.6 Å². The molecule has 8 heteroatoms. The molecule has 1 fully saturated rings. The summed E-state index contributed by atoms with van der Waals surface area (Å²) < 4.78 is 48.4. The highest BCUT2D eigenvalue weighted by Gasteiger charge is 2.29. The number of nitrogens with zero attached hydrogens (tertiary/aromatic N) is 1. The lowest BCUT2D eigenvalue weighted by Crippen LogP contribution is -2.44. The molecule has 1 aliphatic rings. The minimum Gasteiger partial charge on any atom is -0.229 e. The van der Waals surface area contributed by atoms with Crippen LogP contribution in [0, 0.1) is 0 Å². The Hall–Kier alpha value is -0.630. The van der Waals surface area contributed by atoms with E-state index in [1.807, 2.05) is 6.07 Å². The zero-order valence-electron chi connectivity index (χ0n) is 10.8. The van der Waals surface area contributed by atoms with Gasteiger partial charge in [-0.1, -0.05) is 24.3 Å². The topological polar surface area (TPSA) is 71.5 Å². The summed E-state index contributed by atoms with van der Waals surface area (Å²) in [6.45, 7) is 0.0831. The second-order valence-electron chi connectivity index (χ2n) is 4.76. The van der Waals surface area contributed by atoms with Gasteiger partial charge in [0.25, 0.3) is 0 Å². The Balaban J connectivity index is 2.11. The van der Waals surface area contributed by atoms with Gasteiger partial charge in [-0.3, -0.25) is 0 Å². The monoisotopic (exact) mass is 337 g/mol. The summed E-state index contributed by atoms with van der Waals surface area (Å²) in [6, 6.07) is 7.08. The van der Waals surface area contributed by atoms with Gasteiger partial charge in [0, 0.05) is 19.0 Å². The Labute approximate surface area is 124 Å². The summed E-state index contributed by atoms with van der Waals surface area (Å²) in [6.07, 6.45) is 0. The first-order valence-corrected chi connectivity index (χ1v) is 10.1. The summed E-state index contributed by atoms with van der Waals surface area (Å²) >= 11 is 5.72. The molecule has 0 atom stereocenters. The Morgan fingerprint density at radius 3 is 2.35 bits per heavy atom. The maximum atomic E-state index is 12.3. The van der Waals surface area contributed by atoms with Crippen LogP contribution in [0.4, 0.5) is 0 Å². The zero-order chi connectivity index (χ0) is 14.8. The molecular formula is C12H16ClNO4S2. The first-order valence-electron chi connectivity index (χ1n) is 6.14. The van der Waals surface area contributed by atoms with Crippen LogP contribution in [0.1, 0.15) is 11.1 Å². The highest BCUT2D eigenvalue weighted by molar-refractivity contribution is 7.92. The fourth-order valence-electron chi connectivity index (χ4n) is 2.08. The minimum atomic E-state index is -3.49. The van der Waals surface area contributed by atoms with E-state index in [0.29, 0.717) is 11.4 Å². The normalized spacial score (nSPS) is 19.9. The summed E-state index contributed by atoms with van der Waals surface area (Å²) in [7, 11) is -6.57. The number of hydrogen-bond donors (Lipinski definition) is 0. The van der Waals surface area contributed by atoms with Crippen LogP contribution in [0.25, 0.3) is 0 Å². The standard InChI is InChI=1S/C12H16ClNO4S2/c13-9-11-2-1-3-12(8-11)10-20(17,18)14-4-6-19(15,16)7-5-14/h1-3,8H,4-7,9-10H2. The second-order valence-corrected chi connectivity index (χ2v) is 9.30. The van der Waals surface area contributed by atoms with Gasteiger partial charge in [0.05, 0.1) is 17.3 Å². The van der Waals surface area contributed by atoms with Gasteiger partial charge in [-0.25, -0.2) is 16.8 Å². The van der Waals surface area contributed by atoms with Gasteiger partial charge in [0.15, 0.2) is 9.84 Å². The van der Waals surface area contributed by atoms with Crippen molar-refractivity contribution < 1.29 is 16.8 Å². The summed E-state index contributed by atoms with van der Waals surface area (Å²) in [5, 5.41) is 0. The smallest absolute Gasteiger partial charge is 0.218 e. The molecule has 1 aliphatic heterocycles. The van der Waals surface area contributed by atoms with Crippen molar-refractivity contribution >= 4 is 31.5 Å². The predicted octanol–water partition coefficient (Wildman–Crippen LogP) is 0.986. The number of rotatable bonds is 4. The molecule has 0 N–H and O–H groups in total. The first kappa shape index (κ1) is 15.8. The van der Waals surface area contributed by atoms with Gasteiger partial charge in [-0.15, -0.1) is 11.6 Å². The Bertz CT molecular complexity index is 671. The number of sulfone groups is 1. The molecule has 0 aromatic heterocycles. The predicted molar refractivity (Wildman–Crippen MR) is 78.8 cm³/mol. The molecule has 0 unspecified atom stereocenters.